The summed E-state index contributed by atoms with van der Waals surface area (Å²) in [7, 11) is -1.62. The molecule has 0 fully saturated rings. The number of rotatable bonds is 6. The standard InChI is InChI=1S/C11H16N4O2S2/c1-8-9(5-13-15-8)6-14-19(16,17)11-4-3-10(18-11)7-12-2/h3-5,12,14H,6-7H2,1-2H3,(H,13,15). The summed E-state index contributed by atoms with van der Waals surface area (Å²) in [5, 5.41) is 9.63. The maximum Gasteiger partial charge on any atom is 0.250 e. The van der Waals surface area contributed by atoms with Gasteiger partial charge >= 0.3 is 0 Å². The molecule has 19 heavy (non-hydrogen) atoms. The molecule has 0 bridgehead atoms. The smallest absolute Gasteiger partial charge is 0.250 e. The molecule has 2 aromatic rings. The number of thiophene rings is 1. The second-order valence-corrected chi connectivity index (χ2v) is 7.26. The summed E-state index contributed by atoms with van der Waals surface area (Å²) in [6, 6.07) is 3.45. The van der Waals surface area contributed by atoms with E-state index in [1.807, 2.05) is 20.0 Å². The molecule has 8 heteroatoms. The summed E-state index contributed by atoms with van der Waals surface area (Å²) in [5.41, 5.74) is 1.71. The van der Waals surface area contributed by atoms with Crippen LogP contribution in [-0.4, -0.2) is 25.7 Å². The summed E-state index contributed by atoms with van der Waals surface area (Å²) >= 11 is 1.27. The first-order chi connectivity index (χ1) is 9.03. The Hall–Kier alpha value is -1.22. The number of aryl methyl sites for hydroxylation is 1. The molecule has 0 unspecified atom stereocenters. The van der Waals surface area contributed by atoms with Crippen molar-refractivity contribution < 1.29 is 8.42 Å². The Balaban J connectivity index is 2.07. The third-order valence-electron chi connectivity index (χ3n) is 2.64. The van der Waals surface area contributed by atoms with E-state index in [4.69, 9.17) is 0 Å². The van der Waals surface area contributed by atoms with Crippen LogP contribution < -0.4 is 10.0 Å². The van der Waals surface area contributed by atoms with E-state index < -0.39 is 10.0 Å². The predicted molar refractivity (Wildman–Crippen MR) is 74.4 cm³/mol. The molecule has 0 aliphatic carbocycles. The maximum atomic E-state index is 12.1. The Morgan fingerprint density at radius 2 is 2.16 bits per heavy atom. The maximum absolute atomic E-state index is 12.1. The third kappa shape index (κ3) is 3.41. The van der Waals surface area contributed by atoms with Crippen LogP contribution in [-0.2, 0) is 23.1 Å². The molecule has 6 nitrogen and oxygen atoms in total. The number of nitrogens with one attached hydrogen (secondary N) is 3. The number of aromatic amines is 1. The predicted octanol–water partition coefficient (Wildman–Crippen LogP) is 0.978. The Bertz CT molecular complexity index is 645. The van der Waals surface area contributed by atoms with Crippen LogP contribution in [0.25, 0.3) is 0 Å². The lowest BCUT2D eigenvalue weighted by atomic mass is 10.3. The van der Waals surface area contributed by atoms with Gasteiger partial charge in [0.25, 0.3) is 0 Å². The van der Waals surface area contributed by atoms with Crippen molar-refractivity contribution in [2.24, 2.45) is 0 Å². The molecule has 2 aromatic heterocycles. The Labute approximate surface area is 116 Å². The van der Waals surface area contributed by atoms with E-state index in [0.717, 1.165) is 16.1 Å². The van der Waals surface area contributed by atoms with E-state index in [-0.39, 0.29) is 6.54 Å². The van der Waals surface area contributed by atoms with Gasteiger partial charge in [-0.2, -0.15) is 5.10 Å². The third-order valence-corrected chi connectivity index (χ3v) is 5.62. The molecule has 0 saturated carbocycles. The first-order valence-electron chi connectivity index (χ1n) is 5.75. The highest BCUT2D eigenvalue weighted by Crippen LogP contribution is 2.21. The molecule has 0 aliphatic rings. The summed E-state index contributed by atoms with van der Waals surface area (Å²) in [6.07, 6.45) is 1.62. The molecular weight excluding hydrogens is 284 g/mol. The van der Waals surface area contributed by atoms with Crippen molar-refractivity contribution >= 4 is 21.4 Å². The van der Waals surface area contributed by atoms with Gasteiger partial charge in [0, 0.05) is 29.2 Å². The van der Waals surface area contributed by atoms with Crippen molar-refractivity contribution in [1.82, 2.24) is 20.2 Å². The molecule has 0 atom stereocenters. The van der Waals surface area contributed by atoms with Crippen LogP contribution in [0.1, 0.15) is 16.1 Å². The molecule has 0 aromatic carbocycles. The first-order valence-corrected chi connectivity index (χ1v) is 8.04. The van der Waals surface area contributed by atoms with Crippen molar-refractivity contribution in [1.29, 1.82) is 0 Å². The number of hydrogen-bond donors (Lipinski definition) is 3. The number of hydrogen-bond acceptors (Lipinski definition) is 5. The van der Waals surface area contributed by atoms with E-state index in [1.54, 1.807) is 12.3 Å². The lowest BCUT2D eigenvalue weighted by Gasteiger charge is -2.03. The summed E-state index contributed by atoms with van der Waals surface area (Å²) < 4.78 is 27.1. The Morgan fingerprint density at radius 3 is 2.79 bits per heavy atom. The fourth-order valence-electron chi connectivity index (χ4n) is 1.57. The molecule has 0 saturated heterocycles. The lowest BCUT2D eigenvalue weighted by Crippen LogP contribution is -2.22. The van der Waals surface area contributed by atoms with Gasteiger partial charge in [0.2, 0.25) is 10.0 Å². The van der Waals surface area contributed by atoms with Crippen LogP contribution >= 0.6 is 11.3 Å². The highest BCUT2D eigenvalue weighted by atomic mass is 32.2. The van der Waals surface area contributed by atoms with Gasteiger partial charge in [-0.3, -0.25) is 5.10 Å². The first kappa shape index (κ1) is 14.2. The molecule has 3 N–H and O–H groups in total. The van der Waals surface area contributed by atoms with Gasteiger partial charge in [-0.15, -0.1) is 11.3 Å². The largest absolute Gasteiger partial charge is 0.315 e. The van der Waals surface area contributed by atoms with Gasteiger partial charge in [0.1, 0.15) is 4.21 Å². The van der Waals surface area contributed by atoms with Gasteiger partial charge in [0.15, 0.2) is 0 Å². The zero-order valence-electron chi connectivity index (χ0n) is 10.7. The van der Waals surface area contributed by atoms with Crippen LogP contribution in [0, 0.1) is 6.92 Å². The van der Waals surface area contributed by atoms with Crippen LogP contribution in [0.4, 0.5) is 0 Å². The average Bonchev–Trinajstić information content (AvgIpc) is 2.97. The highest BCUT2D eigenvalue weighted by Gasteiger charge is 2.17. The molecule has 0 amide bonds. The van der Waals surface area contributed by atoms with E-state index in [0.29, 0.717) is 10.8 Å². The van der Waals surface area contributed by atoms with Crippen molar-refractivity contribution in [3.63, 3.8) is 0 Å². The number of nitrogens with zero attached hydrogens (tertiary/aromatic N) is 1. The van der Waals surface area contributed by atoms with E-state index in [1.165, 1.54) is 11.3 Å². The monoisotopic (exact) mass is 300 g/mol. The highest BCUT2D eigenvalue weighted by molar-refractivity contribution is 7.91. The van der Waals surface area contributed by atoms with E-state index >= 15 is 0 Å². The second kappa shape index (κ2) is 5.83. The average molecular weight is 300 g/mol. The SMILES string of the molecule is CNCc1ccc(S(=O)(=O)NCc2cn[nH]c2C)s1. The number of H-pyrrole nitrogens is 1. The minimum absolute atomic E-state index is 0.240. The minimum atomic E-state index is -3.45. The van der Waals surface area contributed by atoms with Gasteiger partial charge in [-0.1, -0.05) is 0 Å². The topological polar surface area (TPSA) is 86.9 Å². The van der Waals surface area contributed by atoms with Crippen molar-refractivity contribution in [2.45, 2.75) is 24.2 Å². The molecular formula is C11H16N4O2S2. The molecule has 0 radical (unpaired) electrons. The lowest BCUT2D eigenvalue weighted by molar-refractivity contribution is 0.583. The van der Waals surface area contributed by atoms with Crippen LogP contribution in [0.2, 0.25) is 0 Å². The summed E-state index contributed by atoms with van der Waals surface area (Å²) in [4.78, 5) is 0.988. The summed E-state index contributed by atoms with van der Waals surface area (Å²) in [6.45, 7) is 2.76. The number of aromatic nitrogens is 2. The van der Waals surface area contributed by atoms with Crippen molar-refractivity contribution in [3.05, 3.63) is 34.5 Å². The quantitative estimate of drug-likeness (QED) is 0.742. The van der Waals surface area contributed by atoms with Crippen molar-refractivity contribution in [3.8, 4) is 0 Å². The normalized spacial score (nSPS) is 11.9. The zero-order valence-corrected chi connectivity index (χ0v) is 12.4. The molecule has 2 heterocycles. The summed E-state index contributed by atoms with van der Waals surface area (Å²) in [5.74, 6) is 0. The van der Waals surface area contributed by atoms with Gasteiger partial charge in [0.05, 0.1) is 6.20 Å². The van der Waals surface area contributed by atoms with Crippen molar-refractivity contribution in [2.75, 3.05) is 7.05 Å². The Morgan fingerprint density at radius 1 is 1.37 bits per heavy atom. The zero-order chi connectivity index (χ0) is 13.9. The molecule has 104 valence electrons. The molecule has 2 rings (SSSR count). The molecule has 0 spiro atoms. The van der Waals surface area contributed by atoms with Gasteiger partial charge in [-0.05, 0) is 26.1 Å². The fraction of sp³-hybridized carbons (Fsp3) is 0.364. The fourth-order valence-corrected chi connectivity index (χ4v) is 3.99. The Kier molecular flexibility index (Phi) is 4.35. The van der Waals surface area contributed by atoms with Gasteiger partial charge in [-0.25, -0.2) is 13.1 Å². The van der Waals surface area contributed by atoms with E-state index in [2.05, 4.69) is 20.2 Å². The van der Waals surface area contributed by atoms with Crippen LogP contribution in [0.15, 0.2) is 22.5 Å². The van der Waals surface area contributed by atoms with Crippen LogP contribution in [0.5, 0.6) is 0 Å². The minimum Gasteiger partial charge on any atom is -0.315 e. The molecule has 0 aliphatic heterocycles. The second-order valence-electron chi connectivity index (χ2n) is 4.10. The van der Waals surface area contributed by atoms with E-state index in [9.17, 15) is 8.42 Å². The van der Waals surface area contributed by atoms with Gasteiger partial charge < -0.3 is 5.32 Å². The van der Waals surface area contributed by atoms with Crippen LogP contribution in [0.3, 0.4) is 0 Å². The number of sulfonamides is 1.